The van der Waals surface area contributed by atoms with Gasteiger partial charge in [0.05, 0.1) is 25.8 Å². The molecule has 1 heterocycles. The summed E-state index contributed by atoms with van der Waals surface area (Å²) in [6.45, 7) is 1.93. The number of para-hydroxylation sites is 1. The molecule has 0 fully saturated rings. The molecule has 2 aromatic rings. The number of nitrogens with one attached hydrogen (secondary N) is 2. The standard InChI is InChI=1S/C22H24N2O6/c1-14-19(21(25)30-12-11-29-16-7-5-4-6-8-16)20(24-22(26)23-14)15-9-10-17(27-2)18(13-15)28-3/h4-10,13,20H,11-12H2,1-3H3,(H2,23,24,26)/t20-/m0/s1. The summed E-state index contributed by atoms with van der Waals surface area (Å²) in [4.78, 5) is 24.8. The molecule has 0 saturated carbocycles. The van der Waals surface area contributed by atoms with Gasteiger partial charge in [-0.2, -0.15) is 0 Å². The quantitative estimate of drug-likeness (QED) is 0.511. The zero-order chi connectivity index (χ0) is 21.5. The minimum absolute atomic E-state index is 0.0666. The molecular weight excluding hydrogens is 388 g/mol. The number of amides is 2. The highest BCUT2D eigenvalue weighted by molar-refractivity contribution is 5.95. The molecule has 0 aromatic heterocycles. The van der Waals surface area contributed by atoms with Crippen molar-refractivity contribution < 1.29 is 28.5 Å². The monoisotopic (exact) mass is 412 g/mol. The van der Waals surface area contributed by atoms with Crippen LogP contribution in [-0.4, -0.2) is 39.4 Å². The fourth-order valence-corrected chi connectivity index (χ4v) is 3.14. The highest BCUT2D eigenvalue weighted by Gasteiger charge is 2.32. The molecule has 8 nitrogen and oxygen atoms in total. The van der Waals surface area contributed by atoms with Crippen LogP contribution in [0.25, 0.3) is 0 Å². The van der Waals surface area contributed by atoms with Gasteiger partial charge in [0.25, 0.3) is 0 Å². The smallest absolute Gasteiger partial charge is 0.338 e. The third kappa shape index (κ3) is 4.83. The number of rotatable bonds is 8. The lowest BCUT2D eigenvalue weighted by Gasteiger charge is -2.28. The van der Waals surface area contributed by atoms with Gasteiger partial charge in [-0.15, -0.1) is 0 Å². The minimum Gasteiger partial charge on any atom is -0.493 e. The van der Waals surface area contributed by atoms with Crippen LogP contribution >= 0.6 is 0 Å². The average Bonchev–Trinajstić information content (AvgIpc) is 2.76. The predicted molar refractivity (Wildman–Crippen MR) is 110 cm³/mol. The van der Waals surface area contributed by atoms with Crippen LogP contribution in [0.1, 0.15) is 18.5 Å². The Kier molecular flexibility index (Phi) is 6.79. The molecule has 30 heavy (non-hydrogen) atoms. The summed E-state index contributed by atoms with van der Waals surface area (Å²) in [7, 11) is 3.06. The van der Waals surface area contributed by atoms with E-state index in [1.165, 1.54) is 14.2 Å². The van der Waals surface area contributed by atoms with Crippen LogP contribution in [0.4, 0.5) is 4.79 Å². The Morgan fingerprint density at radius 1 is 1.00 bits per heavy atom. The van der Waals surface area contributed by atoms with Crippen molar-refractivity contribution in [3.63, 3.8) is 0 Å². The van der Waals surface area contributed by atoms with E-state index in [-0.39, 0.29) is 13.2 Å². The number of benzene rings is 2. The van der Waals surface area contributed by atoms with Crippen LogP contribution in [0.15, 0.2) is 59.8 Å². The molecular formula is C22H24N2O6. The molecule has 0 bridgehead atoms. The van der Waals surface area contributed by atoms with Crippen LogP contribution in [-0.2, 0) is 9.53 Å². The molecule has 1 atom stereocenters. The lowest BCUT2D eigenvalue weighted by atomic mass is 9.95. The third-order valence-electron chi connectivity index (χ3n) is 4.56. The van der Waals surface area contributed by atoms with Crippen molar-refractivity contribution in [2.45, 2.75) is 13.0 Å². The summed E-state index contributed by atoms with van der Waals surface area (Å²) in [5.41, 5.74) is 1.39. The van der Waals surface area contributed by atoms with E-state index in [2.05, 4.69) is 10.6 Å². The molecule has 0 radical (unpaired) electrons. The van der Waals surface area contributed by atoms with Crippen molar-refractivity contribution in [3.05, 3.63) is 65.4 Å². The first-order valence-electron chi connectivity index (χ1n) is 9.38. The summed E-state index contributed by atoms with van der Waals surface area (Å²) in [5, 5.41) is 5.38. The molecule has 0 saturated heterocycles. The SMILES string of the molecule is COc1ccc([C@@H]2NC(=O)NC(C)=C2C(=O)OCCOc2ccccc2)cc1OC. The van der Waals surface area contributed by atoms with Crippen molar-refractivity contribution in [2.75, 3.05) is 27.4 Å². The number of hydrogen-bond acceptors (Lipinski definition) is 6. The summed E-state index contributed by atoms with van der Waals surface area (Å²) in [6.07, 6.45) is 0. The van der Waals surface area contributed by atoms with E-state index in [1.54, 1.807) is 25.1 Å². The minimum atomic E-state index is -0.693. The normalized spacial score (nSPS) is 15.7. The largest absolute Gasteiger partial charge is 0.493 e. The van der Waals surface area contributed by atoms with Gasteiger partial charge in [-0.05, 0) is 36.8 Å². The molecule has 158 valence electrons. The van der Waals surface area contributed by atoms with Crippen LogP contribution in [0.2, 0.25) is 0 Å². The van der Waals surface area contributed by atoms with E-state index in [9.17, 15) is 9.59 Å². The Morgan fingerprint density at radius 2 is 1.73 bits per heavy atom. The van der Waals surface area contributed by atoms with E-state index < -0.39 is 18.0 Å². The maximum Gasteiger partial charge on any atom is 0.338 e. The lowest BCUT2D eigenvalue weighted by molar-refractivity contribution is -0.140. The molecule has 2 amide bonds. The zero-order valence-corrected chi connectivity index (χ0v) is 17.1. The number of ether oxygens (including phenoxy) is 4. The van der Waals surface area contributed by atoms with E-state index in [1.807, 2.05) is 30.3 Å². The number of esters is 1. The average molecular weight is 412 g/mol. The van der Waals surface area contributed by atoms with Gasteiger partial charge in [0, 0.05) is 5.70 Å². The molecule has 1 aliphatic heterocycles. The van der Waals surface area contributed by atoms with Crippen molar-refractivity contribution in [2.24, 2.45) is 0 Å². The Labute approximate surface area is 174 Å². The Morgan fingerprint density at radius 3 is 2.43 bits per heavy atom. The topological polar surface area (TPSA) is 95.1 Å². The molecule has 0 aliphatic carbocycles. The molecule has 8 heteroatoms. The number of carbonyl (C=O) groups excluding carboxylic acids is 2. The van der Waals surface area contributed by atoms with Crippen molar-refractivity contribution in [1.29, 1.82) is 0 Å². The first kappa shape index (κ1) is 21.0. The number of allylic oxidation sites excluding steroid dienone is 1. The molecule has 0 spiro atoms. The zero-order valence-electron chi connectivity index (χ0n) is 17.1. The van der Waals surface area contributed by atoms with Crippen molar-refractivity contribution in [3.8, 4) is 17.2 Å². The fraction of sp³-hybridized carbons (Fsp3) is 0.273. The van der Waals surface area contributed by atoms with Crippen molar-refractivity contribution in [1.82, 2.24) is 10.6 Å². The maximum atomic E-state index is 12.8. The van der Waals surface area contributed by atoms with Gasteiger partial charge in [-0.25, -0.2) is 9.59 Å². The summed E-state index contributed by atoms with van der Waals surface area (Å²) in [5.74, 6) is 1.18. The van der Waals surface area contributed by atoms with Crippen LogP contribution in [0.3, 0.4) is 0 Å². The van der Waals surface area contributed by atoms with E-state index in [0.29, 0.717) is 34.1 Å². The molecule has 0 unspecified atom stereocenters. The second-order valence-electron chi connectivity index (χ2n) is 6.48. The second kappa shape index (κ2) is 9.69. The number of urea groups is 1. The summed E-state index contributed by atoms with van der Waals surface area (Å²) < 4.78 is 21.5. The first-order chi connectivity index (χ1) is 14.5. The Balaban J connectivity index is 1.74. The lowest BCUT2D eigenvalue weighted by Crippen LogP contribution is -2.45. The van der Waals surface area contributed by atoms with Gasteiger partial charge in [-0.3, -0.25) is 0 Å². The van der Waals surface area contributed by atoms with Crippen LogP contribution < -0.4 is 24.8 Å². The highest BCUT2D eigenvalue weighted by Crippen LogP contribution is 2.34. The molecule has 1 aliphatic rings. The van der Waals surface area contributed by atoms with Crippen LogP contribution in [0, 0.1) is 0 Å². The molecule has 2 aromatic carbocycles. The van der Waals surface area contributed by atoms with Crippen molar-refractivity contribution >= 4 is 12.0 Å². The molecule has 3 rings (SSSR count). The first-order valence-corrected chi connectivity index (χ1v) is 9.38. The van der Waals surface area contributed by atoms with Gasteiger partial charge in [0.15, 0.2) is 11.5 Å². The van der Waals surface area contributed by atoms with Crippen LogP contribution in [0.5, 0.6) is 17.2 Å². The number of methoxy groups -OCH3 is 2. The third-order valence-corrected chi connectivity index (χ3v) is 4.56. The predicted octanol–water partition coefficient (Wildman–Crippen LogP) is 2.95. The maximum absolute atomic E-state index is 12.8. The van der Waals surface area contributed by atoms with E-state index in [0.717, 1.165) is 0 Å². The Bertz CT molecular complexity index is 942. The van der Waals surface area contributed by atoms with E-state index >= 15 is 0 Å². The van der Waals surface area contributed by atoms with Gasteiger partial charge >= 0.3 is 12.0 Å². The fourth-order valence-electron chi connectivity index (χ4n) is 3.14. The number of carbonyl (C=O) groups is 2. The summed E-state index contributed by atoms with van der Waals surface area (Å²) in [6, 6.07) is 13.3. The van der Waals surface area contributed by atoms with Gasteiger partial charge in [0.2, 0.25) is 0 Å². The Hall–Kier alpha value is -3.68. The number of hydrogen-bond donors (Lipinski definition) is 2. The highest BCUT2D eigenvalue weighted by atomic mass is 16.6. The van der Waals surface area contributed by atoms with Gasteiger partial charge in [0.1, 0.15) is 19.0 Å². The second-order valence-corrected chi connectivity index (χ2v) is 6.48. The van der Waals surface area contributed by atoms with Gasteiger partial charge < -0.3 is 29.6 Å². The summed E-state index contributed by atoms with van der Waals surface area (Å²) >= 11 is 0. The molecule has 2 N–H and O–H groups in total. The van der Waals surface area contributed by atoms with Gasteiger partial charge in [-0.1, -0.05) is 24.3 Å². The van der Waals surface area contributed by atoms with E-state index in [4.69, 9.17) is 18.9 Å².